The van der Waals surface area contributed by atoms with Gasteiger partial charge in [0.25, 0.3) is 0 Å². The lowest BCUT2D eigenvalue weighted by molar-refractivity contribution is 0.182. The van der Waals surface area contributed by atoms with Crippen LogP contribution in [0.1, 0.15) is 16.5 Å². The van der Waals surface area contributed by atoms with Crippen LogP contribution in [0.4, 0.5) is 0 Å². The Bertz CT molecular complexity index is 374. The number of nitrogens with zero attached hydrogens (tertiary/aromatic N) is 2. The van der Waals surface area contributed by atoms with Crippen molar-refractivity contribution in [3.8, 4) is 0 Å². The van der Waals surface area contributed by atoms with E-state index in [4.69, 9.17) is 0 Å². The molecule has 14 heavy (non-hydrogen) atoms. The van der Waals surface area contributed by atoms with Gasteiger partial charge in [-0.15, -0.1) is 5.10 Å². The predicted molar refractivity (Wildman–Crippen MR) is 55.0 cm³/mol. The summed E-state index contributed by atoms with van der Waals surface area (Å²) in [5, 5.41) is 13.5. The maximum atomic E-state index is 9.79. The van der Waals surface area contributed by atoms with Gasteiger partial charge in [0.1, 0.15) is 0 Å². The summed E-state index contributed by atoms with van der Waals surface area (Å²) in [6.07, 6.45) is 1.74. The lowest BCUT2D eigenvalue weighted by atomic mass is 10.1. The van der Waals surface area contributed by atoms with Gasteiger partial charge in [0, 0.05) is 6.42 Å². The van der Waals surface area contributed by atoms with E-state index in [2.05, 4.69) is 9.59 Å². The van der Waals surface area contributed by atoms with Crippen LogP contribution in [-0.2, 0) is 6.42 Å². The van der Waals surface area contributed by atoms with E-state index < -0.39 is 6.10 Å². The fourth-order valence-corrected chi connectivity index (χ4v) is 1.75. The summed E-state index contributed by atoms with van der Waals surface area (Å²) < 4.78 is 3.72. The van der Waals surface area contributed by atoms with Crippen LogP contribution in [0.15, 0.2) is 36.5 Å². The largest absolute Gasteiger partial charge is 0.387 e. The third-order valence-electron chi connectivity index (χ3n) is 1.98. The second-order valence-corrected chi connectivity index (χ2v) is 3.84. The molecule has 4 heteroatoms. The molecule has 0 saturated heterocycles. The molecule has 1 atom stereocenters. The topological polar surface area (TPSA) is 46.0 Å². The normalized spacial score (nSPS) is 12.6. The summed E-state index contributed by atoms with van der Waals surface area (Å²) in [5.74, 6) is 0. The van der Waals surface area contributed by atoms with Crippen LogP contribution >= 0.6 is 11.5 Å². The Morgan fingerprint density at radius 2 is 2.07 bits per heavy atom. The molecule has 2 rings (SSSR count). The minimum atomic E-state index is -0.489. The Balaban J connectivity index is 2.06. The van der Waals surface area contributed by atoms with Crippen LogP contribution in [0.2, 0.25) is 0 Å². The molecule has 1 aromatic carbocycles. The third kappa shape index (κ3) is 2.16. The van der Waals surface area contributed by atoms with Crippen molar-refractivity contribution in [1.29, 1.82) is 0 Å². The van der Waals surface area contributed by atoms with Gasteiger partial charge in [0.2, 0.25) is 0 Å². The van der Waals surface area contributed by atoms with Crippen molar-refractivity contribution >= 4 is 11.5 Å². The quantitative estimate of drug-likeness (QED) is 0.833. The Hall–Kier alpha value is -1.26. The summed E-state index contributed by atoms with van der Waals surface area (Å²) in [4.78, 5) is 0.814. The van der Waals surface area contributed by atoms with Crippen molar-refractivity contribution in [3.05, 3.63) is 47.0 Å². The molecule has 0 bridgehead atoms. The van der Waals surface area contributed by atoms with Gasteiger partial charge in [-0.05, 0) is 17.1 Å². The average Bonchev–Trinajstić information content (AvgIpc) is 2.72. The van der Waals surface area contributed by atoms with Gasteiger partial charge >= 0.3 is 0 Å². The smallest absolute Gasteiger partial charge is 0.0954 e. The van der Waals surface area contributed by atoms with E-state index in [-0.39, 0.29) is 0 Å². The second-order valence-electron chi connectivity index (χ2n) is 3.03. The van der Waals surface area contributed by atoms with E-state index in [0.717, 1.165) is 10.4 Å². The Kier molecular flexibility index (Phi) is 2.86. The van der Waals surface area contributed by atoms with Gasteiger partial charge < -0.3 is 5.11 Å². The molecule has 1 unspecified atom stereocenters. The number of hydrogen-bond acceptors (Lipinski definition) is 4. The second kappa shape index (κ2) is 4.30. The Morgan fingerprint density at radius 3 is 2.71 bits per heavy atom. The number of rotatable bonds is 3. The van der Waals surface area contributed by atoms with E-state index in [9.17, 15) is 5.11 Å². The summed E-state index contributed by atoms with van der Waals surface area (Å²) in [7, 11) is 0. The van der Waals surface area contributed by atoms with Crippen LogP contribution in [0.3, 0.4) is 0 Å². The van der Waals surface area contributed by atoms with Gasteiger partial charge in [-0.25, -0.2) is 0 Å². The minimum Gasteiger partial charge on any atom is -0.387 e. The molecule has 3 nitrogen and oxygen atoms in total. The number of aliphatic hydroxyl groups is 1. The molecule has 0 fully saturated rings. The number of benzene rings is 1. The average molecular weight is 206 g/mol. The van der Waals surface area contributed by atoms with Crippen LogP contribution in [0.25, 0.3) is 0 Å². The molecule has 2 aromatic rings. The van der Waals surface area contributed by atoms with Crippen LogP contribution in [0.5, 0.6) is 0 Å². The summed E-state index contributed by atoms with van der Waals surface area (Å²) >= 11 is 1.24. The SMILES string of the molecule is OC(Cc1ccccc1)c1cnns1. The van der Waals surface area contributed by atoms with E-state index >= 15 is 0 Å². The van der Waals surface area contributed by atoms with Gasteiger partial charge in [0.15, 0.2) is 0 Å². The van der Waals surface area contributed by atoms with Crippen LogP contribution < -0.4 is 0 Å². The van der Waals surface area contributed by atoms with E-state index in [1.54, 1.807) is 6.20 Å². The molecular weight excluding hydrogens is 196 g/mol. The Labute approximate surface area is 86.2 Å². The predicted octanol–water partition coefficient (Wildman–Crippen LogP) is 1.81. The summed E-state index contributed by atoms with van der Waals surface area (Å²) in [6, 6.07) is 9.89. The molecule has 72 valence electrons. The molecule has 0 saturated carbocycles. The number of aliphatic hydroxyl groups excluding tert-OH is 1. The summed E-state index contributed by atoms with van der Waals surface area (Å²) in [6.45, 7) is 0. The van der Waals surface area contributed by atoms with Crippen molar-refractivity contribution in [2.45, 2.75) is 12.5 Å². The maximum absolute atomic E-state index is 9.79. The lowest BCUT2D eigenvalue weighted by Gasteiger charge is -2.06. The highest BCUT2D eigenvalue weighted by molar-refractivity contribution is 7.05. The molecule has 0 spiro atoms. The standard InChI is InChI=1S/C10H10N2OS/c13-9(10-7-11-12-14-10)6-8-4-2-1-3-5-8/h1-5,7,9,13H,6H2. The highest BCUT2D eigenvalue weighted by Gasteiger charge is 2.10. The number of hydrogen-bond donors (Lipinski definition) is 1. The first-order chi connectivity index (χ1) is 6.86. The molecule has 1 aromatic heterocycles. The van der Waals surface area contributed by atoms with Gasteiger partial charge in [0.05, 0.1) is 17.2 Å². The maximum Gasteiger partial charge on any atom is 0.0954 e. The first kappa shape index (κ1) is 9.30. The molecular formula is C10H10N2OS. The zero-order valence-electron chi connectivity index (χ0n) is 7.50. The molecule has 0 aliphatic heterocycles. The van der Waals surface area contributed by atoms with Crippen LogP contribution in [-0.4, -0.2) is 14.7 Å². The van der Waals surface area contributed by atoms with Crippen molar-refractivity contribution in [1.82, 2.24) is 9.59 Å². The molecule has 0 aliphatic carbocycles. The molecule has 0 amide bonds. The zero-order valence-corrected chi connectivity index (χ0v) is 8.31. The molecule has 0 aliphatic rings. The van der Waals surface area contributed by atoms with Crippen molar-refractivity contribution in [3.63, 3.8) is 0 Å². The van der Waals surface area contributed by atoms with Crippen molar-refractivity contribution < 1.29 is 5.11 Å². The van der Waals surface area contributed by atoms with E-state index in [0.29, 0.717) is 6.42 Å². The lowest BCUT2D eigenvalue weighted by Crippen LogP contribution is -1.99. The Morgan fingerprint density at radius 1 is 1.29 bits per heavy atom. The van der Waals surface area contributed by atoms with E-state index in [1.165, 1.54) is 11.5 Å². The van der Waals surface area contributed by atoms with Crippen molar-refractivity contribution in [2.24, 2.45) is 0 Å². The fraction of sp³-hybridized carbons (Fsp3) is 0.200. The van der Waals surface area contributed by atoms with Gasteiger partial charge in [-0.1, -0.05) is 34.8 Å². The summed E-state index contributed by atoms with van der Waals surface area (Å²) in [5.41, 5.74) is 1.12. The minimum absolute atomic E-state index is 0.489. The molecule has 0 radical (unpaired) electrons. The highest BCUT2D eigenvalue weighted by atomic mass is 32.1. The first-order valence-electron chi connectivity index (χ1n) is 4.35. The van der Waals surface area contributed by atoms with E-state index in [1.807, 2.05) is 30.3 Å². The monoisotopic (exact) mass is 206 g/mol. The highest BCUT2D eigenvalue weighted by Crippen LogP contribution is 2.19. The van der Waals surface area contributed by atoms with Gasteiger partial charge in [-0.3, -0.25) is 0 Å². The van der Waals surface area contributed by atoms with Crippen LogP contribution in [0, 0.1) is 0 Å². The fourth-order valence-electron chi connectivity index (χ4n) is 1.26. The van der Waals surface area contributed by atoms with Gasteiger partial charge in [-0.2, -0.15) is 0 Å². The third-order valence-corrected chi connectivity index (χ3v) is 2.74. The zero-order chi connectivity index (χ0) is 9.80. The first-order valence-corrected chi connectivity index (χ1v) is 5.13. The van der Waals surface area contributed by atoms with Crippen molar-refractivity contribution in [2.75, 3.05) is 0 Å². The number of aromatic nitrogens is 2. The molecule has 1 heterocycles. The molecule has 1 N–H and O–H groups in total.